The molecular weight excluding hydrogens is 282 g/mol. The minimum atomic E-state index is -0.557. The number of aliphatic hydroxyl groups is 1. The zero-order valence-electron chi connectivity index (χ0n) is 13.3. The van der Waals surface area contributed by atoms with Crippen LogP contribution in [0.3, 0.4) is 0 Å². The zero-order chi connectivity index (χ0) is 15.6. The summed E-state index contributed by atoms with van der Waals surface area (Å²) in [5.41, 5.74) is 3.06. The van der Waals surface area contributed by atoms with Crippen LogP contribution >= 0.6 is 11.3 Å². The van der Waals surface area contributed by atoms with Crippen LogP contribution in [0.4, 0.5) is 0 Å². The quantitative estimate of drug-likeness (QED) is 0.927. The molecule has 0 aliphatic heterocycles. The van der Waals surface area contributed by atoms with E-state index in [1.807, 2.05) is 25.1 Å². The van der Waals surface area contributed by atoms with E-state index in [1.165, 1.54) is 0 Å². The fraction of sp³-hybridized carbons (Fsp3) is 0.471. The average Bonchev–Trinajstić information content (AvgIpc) is 2.87. The predicted molar refractivity (Wildman–Crippen MR) is 87.2 cm³/mol. The molecule has 21 heavy (non-hydrogen) atoms. The number of aromatic nitrogens is 1. The Balaban J connectivity index is 2.14. The molecule has 0 aliphatic rings. The number of rotatable bonds is 4. The van der Waals surface area contributed by atoms with E-state index in [2.05, 4.69) is 31.1 Å². The maximum atomic E-state index is 10.4. The third-order valence-electron chi connectivity index (χ3n) is 3.51. The maximum Gasteiger partial charge on any atom is 0.122 e. The van der Waals surface area contributed by atoms with Gasteiger partial charge in [0.2, 0.25) is 0 Å². The lowest BCUT2D eigenvalue weighted by Gasteiger charge is -2.15. The van der Waals surface area contributed by atoms with Crippen LogP contribution < -0.4 is 4.74 Å². The Kier molecular flexibility index (Phi) is 4.69. The zero-order valence-corrected chi connectivity index (χ0v) is 14.1. The van der Waals surface area contributed by atoms with Crippen LogP contribution in [0.25, 0.3) is 0 Å². The Labute approximate surface area is 130 Å². The van der Waals surface area contributed by atoms with E-state index in [4.69, 9.17) is 4.74 Å². The molecule has 1 aromatic carbocycles. The van der Waals surface area contributed by atoms with Gasteiger partial charge < -0.3 is 9.84 Å². The Morgan fingerprint density at radius 2 is 2.05 bits per heavy atom. The molecule has 0 amide bonds. The number of ether oxygens (including phenoxy) is 1. The van der Waals surface area contributed by atoms with Crippen molar-refractivity contribution in [2.75, 3.05) is 7.11 Å². The van der Waals surface area contributed by atoms with Gasteiger partial charge in [-0.2, -0.15) is 0 Å². The first-order valence-corrected chi connectivity index (χ1v) is 7.96. The summed E-state index contributed by atoms with van der Waals surface area (Å²) in [6, 6.07) is 5.82. The van der Waals surface area contributed by atoms with Gasteiger partial charge in [-0.25, -0.2) is 4.98 Å². The van der Waals surface area contributed by atoms with E-state index in [0.717, 1.165) is 27.6 Å². The molecule has 4 heteroatoms. The van der Waals surface area contributed by atoms with Gasteiger partial charge in [0.1, 0.15) is 5.75 Å². The highest BCUT2D eigenvalue weighted by Crippen LogP contribution is 2.28. The number of thiazole rings is 1. The van der Waals surface area contributed by atoms with Gasteiger partial charge in [-0.05, 0) is 24.1 Å². The largest absolute Gasteiger partial charge is 0.496 e. The molecule has 2 aromatic rings. The van der Waals surface area contributed by atoms with Crippen LogP contribution in [0.5, 0.6) is 5.75 Å². The second kappa shape index (κ2) is 6.16. The Hall–Kier alpha value is -1.39. The minimum Gasteiger partial charge on any atom is -0.496 e. The summed E-state index contributed by atoms with van der Waals surface area (Å²) in [6.07, 6.45) is -0.0223. The van der Waals surface area contributed by atoms with Gasteiger partial charge in [0.15, 0.2) is 0 Å². The molecule has 0 saturated carbocycles. The standard InChI is InChI=1S/C17H23NO2S/c1-11-6-7-12(8-14(11)20-5)13(19)9-16-18-15(10-21-16)17(2,3)4/h6-8,10,13,19H,9H2,1-5H3. The number of methoxy groups -OCH3 is 1. The van der Waals surface area contributed by atoms with E-state index in [1.54, 1.807) is 18.4 Å². The van der Waals surface area contributed by atoms with Gasteiger partial charge in [-0.1, -0.05) is 32.9 Å². The molecule has 0 saturated heterocycles. The maximum absolute atomic E-state index is 10.4. The first kappa shape index (κ1) is 16.0. The average molecular weight is 305 g/mol. The van der Waals surface area contributed by atoms with Gasteiger partial charge in [0, 0.05) is 17.2 Å². The fourth-order valence-electron chi connectivity index (χ4n) is 2.08. The Morgan fingerprint density at radius 1 is 1.33 bits per heavy atom. The monoisotopic (exact) mass is 305 g/mol. The summed E-state index contributed by atoms with van der Waals surface area (Å²) in [5.74, 6) is 0.807. The van der Waals surface area contributed by atoms with Gasteiger partial charge in [-0.15, -0.1) is 11.3 Å². The minimum absolute atomic E-state index is 0.0484. The molecule has 1 N–H and O–H groups in total. The number of aryl methyl sites for hydroxylation is 1. The molecule has 0 bridgehead atoms. The lowest BCUT2D eigenvalue weighted by Crippen LogP contribution is -2.12. The van der Waals surface area contributed by atoms with Gasteiger partial charge in [0.25, 0.3) is 0 Å². The smallest absolute Gasteiger partial charge is 0.122 e. The third kappa shape index (κ3) is 3.83. The summed E-state index contributed by atoms with van der Waals surface area (Å²) in [7, 11) is 1.65. The van der Waals surface area contributed by atoms with Crippen molar-refractivity contribution in [1.29, 1.82) is 0 Å². The molecule has 1 heterocycles. The first-order chi connectivity index (χ1) is 9.81. The topological polar surface area (TPSA) is 42.4 Å². The van der Waals surface area contributed by atoms with E-state index >= 15 is 0 Å². The highest BCUT2D eigenvalue weighted by Gasteiger charge is 2.19. The summed E-state index contributed by atoms with van der Waals surface area (Å²) in [4.78, 5) is 4.63. The highest BCUT2D eigenvalue weighted by atomic mass is 32.1. The van der Waals surface area contributed by atoms with Crippen molar-refractivity contribution in [3.8, 4) is 5.75 Å². The van der Waals surface area contributed by atoms with Crippen LogP contribution in [0, 0.1) is 6.92 Å². The molecule has 1 atom stereocenters. The van der Waals surface area contributed by atoms with Crippen LogP contribution in [-0.2, 0) is 11.8 Å². The third-order valence-corrected chi connectivity index (χ3v) is 4.38. The number of benzene rings is 1. The van der Waals surface area contributed by atoms with Crippen molar-refractivity contribution in [2.45, 2.75) is 45.6 Å². The van der Waals surface area contributed by atoms with E-state index in [9.17, 15) is 5.11 Å². The van der Waals surface area contributed by atoms with E-state index in [0.29, 0.717) is 6.42 Å². The van der Waals surface area contributed by atoms with Crippen LogP contribution in [0.15, 0.2) is 23.6 Å². The molecule has 2 rings (SSSR count). The second-order valence-electron chi connectivity index (χ2n) is 6.33. The van der Waals surface area contributed by atoms with Gasteiger partial charge in [0.05, 0.1) is 23.9 Å². The van der Waals surface area contributed by atoms with Crippen molar-refractivity contribution >= 4 is 11.3 Å². The molecule has 0 aliphatic carbocycles. The van der Waals surface area contributed by atoms with Crippen molar-refractivity contribution < 1.29 is 9.84 Å². The molecule has 1 aromatic heterocycles. The number of hydrogen-bond acceptors (Lipinski definition) is 4. The number of hydrogen-bond donors (Lipinski definition) is 1. The number of nitrogens with zero attached hydrogens (tertiary/aromatic N) is 1. The molecule has 0 fully saturated rings. The fourth-order valence-corrected chi connectivity index (χ4v) is 3.14. The lowest BCUT2D eigenvalue weighted by atomic mass is 9.93. The number of aliphatic hydroxyl groups excluding tert-OH is 1. The second-order valence-corrected chi connectivity index (χ2v) is 7.27. The first-order valence-electron chi connectivity index (χ1n) is 7.08. The normalized spacial score (nSPS) is 13.2. The SMILES string of the molecule is COc1cc(C(O)Cc2nc(C(C)(C)C)cs2)ccc1C. The molecule has 0 radical (unpaired) electrons. The van der Waals surface area contributed by atoms with Crippen LogP contribution in [0.1, 0.15) is 48.7 Å². The van der Waals surface area contributed by atoms with Crippen molar-refractivity contribution in [1.82, 2.24) is 4.98 Å². The van der Waals surface area contributed by atoms with Crippen LogP contribution in [-0.4, -0.2) is 17.2 Å². The van der Waals surface area contributed by atoms with Crippen molar-refractivity contribution in [2.24, 2.45) is 0 Å². The highest BCUT2D eigenvalue weighted by molar-refractivity contribution is 7.09. The summed E-state index contributed by atoms with van der Waals surface area (Å²) < 4.78 is 5.31. The lowest BCUT2D eigenvalue weighted by molar-refractivity contribution is 0.178. The predicted octanol–water partition coefficient (Wildman–Crippen LogP) is 4.03. The molecule has 0 spiro atoms. The van der Waals surface area contributed by atoms with Gasteiger partial charge >= 0.3 is 0 Å². The Bertz CT molecular complexity index is 613. The van der Waals surface area contributed by atoms with E-state index in [-0.39, 0.29) is 5.41 Å². The Morgan fingerprint density at radius 3 is 2.62 bits per heavy atom. The van der Waals surface area contributed by atoms with Crippen molar-refractivity contribution in [3.05, 3.63) is 45.4 Å². The molecule has 114 valence electrons. The molecule has 3 nitrogen and oxygen atoms in total. The summed E-state index contributed by atoms with van der Waals surface area (Å²) in [6.45, 7) is 8.43. The van der Waals surface area contributed by atoms with Crippen molar-refractivity contribution in [3.63, 3.8) is 0 Å². The summed E-state index contributed by atoms with van der Waals surface area (Å²) in [5, 5.41) is 13.5. The van der Waals surface area contributed by atoms with E-state index < -0.39 is 6.10 Å². The molecular formula is C17H23NO2S. The molecule has 1 unspecified atom stereocenters. The van der Waals surface area contributed by atoms with Gasteiger partial charge in [-0.3, -0.25) is 0 Å². The summed E-state index contributed by atoms with van der Waals surface area (Å²) >= 11 is 1.61. The van der Waals surface area contributed by atoms with Crippen LogP contribution in [0.2, 0.25) is 0 Å².